The fraction of sp³-hybridized carbons (Fsp3) is 0.0833. The van der Waals surface area contributed by atoms with Crippen LogP contribution in [0.4, 0.5) is 4.39 Å². The van der Waals surface area contributed by atoms with E-state index in [1.165, 1.54) is 18.2 Å². The van der Waals surface area contributed by atoms with Crippen molar-refractivity contribution in [3.63, 3.8) is 0 Å². The zero-order chi connectivity index (χ0) is 14.7. The Labute approximate surface area is 114 Å². The molecule has 0 fully saturated rings. The van der Waals surface area contributed by atoms with Crippen molar-refractivity contribution in [3.8, 4) is 11.3 Å². The monoisotopic (exact) mass is 296 g/mol. The van der Waals surface area contributed by atoms with Gasteiger partial charge in [0.05, 0.1) is 5.69 Å². The molecule has 0 saturated carbocycles. The number of carboxylic acid groups (broad SMARTS) is 1. The van der Waals surface area contributed by atoms with Gasteiger partial charge in [0.15, 0.2) is 0 Å². The van der Waals surface area contributed by atoms with Crippen LogP contribution in [0.25, 0.3) is 11.3 Å². The Morgan fingerprint density at radius 1 is 1.30 bits per heavy atom. The minimum atomic E-state index is -2.76. The Balaban J connectivity index is 2.64. The number of hydrogen-bond acceptors (Lipinski definition) is 5. The van der Waals surface area contributed by atoms with E-state index in [2.05, 4.69) is 9.97 Å². The Hall–Kier alpha value is -2.35. The first kappa shape index (κ1) is 14.1. The van der Waals surface area contributed by atoms with Crippen molar-refractivity contribution >= 4 is 16.7 Å². The first-order valence-electron chi connectivity index (χ1n) is 5.45. The summed E-state index contributed by atoms with van der Waals surface area (Å²) in [5, 5.41) is 9.07. The summed E-state index contributed by atoms with van der Waals surface area (Å²) in [6, 6.07) is 5.51. The lowest BCUT2D eigenvalue weighted by molar-refractivity contribution is 0.0697. The molecule has 0 amide bonds. The molecule has 1 heterocycles. The van der Waals surface area contributed by atoms with Gasteiger partial charge in [0.25, 0.3) is 0 Å². The number of thiol groups is 1. The first-order valence-corrected chi connectivity index (χ1v) is 6.81. The molecule has 2 aromatic rings. The zero-order valence-corrected chi connectivity index (χ0v) is 10.9. The SMILES string of the molecule is O=C(O)c1cnc(C[SH](=O)=O)nc1-c1ccccc1F. The highest BCUT2D eigenvalue weighted by Crippen LogP contribution is 2.24. The van der Waals surface area contributed by atoms with E-state index >= 15 is 0 Å². The lowest BCUT2D eigenvalue weighted by Gasteiger charge is -2.07. The van der Waals surface area contributed by atoms with Crippen LogP contribution >= 0.6 is 0 Å². The van der Waals surface area contributed by atoms with Crippen molar-refractivity contribution in [1.82, 2.24) is 9.97 Å². The molecule has 0 aliphatic rings. The van der Waals surface area contributed by atoms with Gasteiger partial charge in [0.2, 0.25) is 0 Å². The van der Waals surface area contributed by atoms with Crippen LogP contribution in [0.2, 0.25) is 0 Å². The molecule has 6 nitrogen and oxygen atoms in total. The number of aromatic nitrogens is 2. The van der Waals surface area contributed by atoms with E-state index in [1.54, 1.807) is 0 Å². The maximum atomic E-state index is 13.7. The van der Waals surface area contributed by atoms with Gasteiger partial charge in [-0.15, -0.1) is 0 Å². The van der Waals surface area contributed by atoms with Crippen LogP contribution in [0.5, 0.6) is 0 Å². The lowest BCUT2D eigenvalue weighted by atomic mass is 10.1. The molecule has 0 spiro atoms. The number of rotatable bonds is 4. The summed E-state index contributed by atoms with van der Waals surface area (Å²) in [4.78, 5) is 18.6. The van der Waals surface area contributed by atoms with Crippen molar-refractivity contribution < 1.29 is 22.7 Å². The fourth-order valence-corrected chi connectivity index (χ4v) is 2.01. The van der Waals surface area contributed by atoms with Crippen molar-refractivity contribution in [2.24, 2.45) is 0 Å². The Bertz CT molecular complexity index is 738. The fourth-order valence-electron chi connectivity index (χ4n) is 1.63. The van der Waals surface area contributed by atoms with Crippen LogP contribution in [-0.4, -0.2) is 29.5 Å². The molecule has 0 aliphatic heterocycles. The number of hydrogen-bond donors (Lipinski definition) is 2. The predicted octanol–water partition coefficient (Wildman–Crippen LogP) is 1.09. The zero-order valence-electron chi connectivity index (χ0n) is 9.99. The topological polar surface area (TPSA) is 97.2 Å². The molecule has 0 bridgehead atoms. The molecule has 2 rings (SSSR count). The standard InChI is InChI=1S/C12H9FN2O4S/c13-9-4-2-1-3-7(9)11-8(12(16)17)5-14-10(15-11)6-20(18)19/h1-5,20H,6H2,(H,16,17). The number of aromatic carboxylic acids is 1. The third-order valence-electron chi connectivity index (χ3n) is 2.47. The maximum Gasteiger partial charge on any atom is 0.339 e. The van der Waals surface area contributed by atoms with E-state index < -0.39 is 28.2 Å². The van der Waals surface area contributed by atoms with Crippen LogP contribution in [0, 0.1) is 5.82 Å². The number of nitrogens with zero attached hydrogens (tertiary/aromatic N) is 2. The van der Waals surface area contributed by atoms with E-state index in [0.717, 1.165) is 12.3 Å². The molecule has 104 valence electrons. The summed E-state index contributed by atoms with van der Waals surface area (Å²) < 4.78 is 35.1. The smallest absolute Gasteiger partial charge is 0.339 e. The number of carbonyl (C=O) groups is 1. The third-order valence-corrected chi connectivity index (χ3v) is 3.01. The van der Waals surface area contributed by atoms with Gasteiger partial charge < -0.3 is 5.11 Å². The van der Waals surface area contributed by atoms with E-state index in [1.807, 2.05) is 0 Å². The highest BCUT2D eigenvalue weighted by Gasteiger charge is 2.18. The molecular formula is C12H9FN2O4S. The van der Waals surface area contributed by atoms with Gasteiger partial charge in [0, 0.05) is 11.8 Å². The number of benzene rings is 1. The van der Waals surface area contributed by atoms with Crippen molar-refractivity contribution in [2.75, 3.05) is 0 Å². The number of halogens is 1. The van der Waals surface area contributed by atoms with Gasteiger partial charge in [-0.25, -0.2) is 27.6 Å². The van der Waals surface area contributed by atoms with Crippen molar-refractivity contribution in [2.45, 2.75) is 5.75 Å². The van der Waals surface area contributed by atoms with E-state index in [4.69, 9.17) is 5.11 Å². The number of carboxylic acids is 1. The Morgan fingerprint density at radius 2 is 2.00 bits per heavy atom. The third kappa shape index (κ3) is 2.97. The molecule has 1 N–H and O–H groups in total. The quantitative estimate of drug-likeness (QED) is 0.820. The van der Waals surface area contributed by atoms with Crippen molar-refractivity contribution in [1.29, 1.82) is 0 Å². The summed E-state index contributed by atoms with van der Waals surface area (Å²) >= 11 is 0. The van der Waals surface area contributed by atoms with Gasteiger partial charge >= 0.3 is 5.97 Å². The summed E-state index contributed by atoms with van der Waals surface area (Å²) in [6.07, 6.45) is 0.977. The molecule has 8 heteroatoms. The second-order valence-electron chi connectivity index (χ2n) is 3.82. The minimum absolute atomic E-state index is 0.0188. The molecule has 0 atom stereocenters. The van der Waals surface area contributed by atoms with Gasteiger partial charge in [-0.1, -0.05) is 12.1 Å². The van der Waals surface area contributed by atoms with E-state index in [9.17, 15) is 17.6 Å². The Kier molecular flexibility index (Phi) is 4.04. The lowest BCUT2D eigenvalue weighted by Crippen LogP contribution is -2.07. The van der Waals surface area contributed by atoms with Crippen LogP contribution in [0.15, 0.2) is 30.5 Å². The van der Waals surface area contributed by atoms with Crippen LogP contribution in [-0.2, 0) is 16.5 Å². The molecular weight excluding hydrogens is 287 g/mol. The molecule has 0 unspecified atom stereocenters. The molecule has 0 saturated heterocycles. The summed E-state index contributed by atoms with van der Waals surface area (Å²) in [6.45, 7) is 0. The summed E-state index contributed by atoms with van der Waals surface area (Å²) in [5.41, 5.74) is -0.452. The first-order chi connectivity index (χ1) is 9.49. The van der Waals surface area contributed by atoms with Gasteiger partial charge in [-0.3, -0.25) is 0 Å². The summed E-state index contributed by atoms with van der Waals surface area (Å²) in [5.74, 6) is -2.48. The largest absolute Gasteiger partial charge is 0.478 e. The molecule has 1 aromatic heterocycles. The minimum Gasteiger partial charge on any atom is -0.478 e. The average molecular weight is 296 g/mol. The van der Waals surface area contributed by atoms with E-state index in [-0.39, 0.29) is 22.6 Å². The van der Waals surface area contributed by atoms with Gasteiger partial charge in [-0.05, 0) is 12.1 Å². The Morgan fingerprint density at radius 3 is 2.60 bits per heavy atom. The molecule has 1 aromatic carbocycles. The van der Waals surface area contributed by atoms with Crippen LogP contribution in [0.1, 0.15) is 16.2 Å². The maximum absolute atomic E-state index is 13.7. The average Bonchev–Trinajstić information content (AvgIpc) is 2.38. The molecule has 20 heavy (non-hydrogen) atoms. The van der Waals surface area contributed by atoms with Gasteiger partial charge in [0.1, 0.15) is 33.7 Å². The van der Waals surface area contributed by atoms with Crippen molar-refractivity contribution in [3.05, 3.63) is 47.7 Å². The highest BCUT2D eigenvalue weighted by molar-refractivity contribution is 7.71. The summed E-state index contributed by atoms with van der Waals surface area (Å²) in [7, 11) is -2.76. The van der Waals surface area contributed by atoms with Crippen LogP contribution < -0.4 is 0 Å². The molecule has 0 aliphatic carbocycles. The van der Waals surface area contributed by atoms with Gasteiger partial charge in [-0.2, -0.15) is 0 Å². The predicted molar refractivity (Wildman–Crippen MR) is 68.4 cm³/mol. The second kappa shape index (κ2) is 5.74. The molecule has 0 radical (unpaired) electrons. The normalized spacial score (nSPS) is 10.7. The van der Waals surface area contributed by atoms with Crippen LogP contribution in [0.3, 0.4) is 0 Å². The second-order valence-corrected chi connectivity index (χ2v) is 4.81. The van der Waals surface area contributed by atoms with E-state index in [0.29, 0.717) is 0 Å². The highest BCUT2D eigenvalue weighted by atomic mass is 32.2.